The third-order valence-electron chi connectivity index (χ3n) is 3.22. The Morgan fingerprint density at radius 2 is 2.00 bits per heavy atom. The fourth-order valence-electron chi connectivity index (χ4n) is 2.06. The lowest BCUT2D eigenvalue weighted by Crippen LogP contribution is -2.25. The molecular formula is C17H21N3O. The van der Waals surface area contributed by atoms with Crippen molar-refractivity contribution in [1.82, 2.24) is 10.3 Å². The zero-order valence-corrected chi connectivity index (χ0v) is 12.5. The molecule has 1 amide bonds. The first kappa shape index (κ1) is 15.0. The molecule has 0 saturated heterocycles. The summed E-state index contributed by atoms with van der Waals surface area (Å²) in [4.78, 5) is 18.2. The summed E-state index contributed by atoms with van der Waals surface area (Å²) in [6, 6.07) is 14.0. The van der Waals surface area contributed by atoms with Gasteiger partial charge in [0.05, 0.1) is 0 Å². The van der Waals surface area contributed by atoms with Crippen LogP contribution in [0.1, 0.15) is 29.4 Å². The molecule has 4 nitrogen and oxygen atoms in total. The van der Waals surface area contributed by atoms with Crippen LogP contribution in [0.5, 0.6) is 0 Å². The average Bonchev–Trinajstić information content (AvgIpc) is 2.53. The molecule has 1 N–H and O–H groups in total. The van der Waals surface area contributed by atoms with Crippen molar-refractivity contribution in [3.05, 3.63) is 59.9 Å². The quantitative estimate of drug-likeness (QED) is 0.886. The maximum atomic E-state index is 11.9. The largest absolute Gasteiger partial charge is 0.370 e. The van der Waals surface area contributed by atoms with Crippen molar-refractivity contribution >= 4 is 11.6 Å². The van der Waals surface area contributed by atoms with E-state index in [4.69, 9.17) is 0 Å². The van der Waals surface area contributed by atoms with Crippen LogP contribution in [0.3, 0.4) is 0 Å². The number of rotatable bonds is 6. The van der Waals surface area contributed by atoms with E-state index in [-0.39, 0.29) is 5.91 Å². The van der Waals surface area contributed by atoms with Crippen LogP contribution in [0.15, 0.2) is 48.7 Å². The van der Waals surface area contributed by atoms with Gasteiger partial charge in [-0.15, -0.1) is 0 Å². The Morgan fingerprint density at radius 3 is 2.71 bits per heavy atom. The van der Waals surface area contributed by atoms with Gasteiger partial charge in [0.2, 0.25) is 0 Å². The van der Waals surface area contributed by atoms with E-state index in [1.807, 2.05) is 44.3 Å². The Balaban J connectivity index is 2.07. The molecule has 1 aromatic heterocycles. The molecule has 0 bridgehead atoms. The highest BCUT2D eigenvalue weighted by molar-refractivity contribution is 5.93. The van der Waals surface area contributed by atoms with Crippen LogP contribution in [0.2, 0.25) is 0 Å². The number of amides is 1. The molecule has 1 heterocycles. The van der Waals surface area contributed by atoms with E-state index < -0.39 is 0 Å². The smallest absolute Gasteiger partial charge is 0.269 e. The number of aromatic nitrogens is 1. The van der Waals surface area contributed by atoms with Crippen molar-refractivity contribution in [2.75, 3.05) is 18.5 Å². The van der Waals surface area contributed by atoms with Crippen molar-refractivity contribution in [2.24, 2.45) is 0 Å². The average molecular weight is 283 g/mol. The normalized spacial score (nSPS) is 10.2. The van der Waals surface area contributed by atoms with Crippen molar-refractivity contribution in [3.8, 4) is 0 Å². The number of benzene rings is 1. The SMILES string of the molecule is CCCNC(=O)c1cc(N(C)Cc2ccccc2)ccn1. The lowest BCUT2D eigenvalue weighted by molar-refractivity contribution is 0.0948. The zero-order valence-electron chi connectivity index (χ0n) is 12.5. The topological polar surface area (TPSA) is 45.2 Å². The highest BCUT2D eigenvalue weighted by Gasteiger charge is 2.09. The molecule has 0 aliphatic heterocycles. The zero-order chi connectivity index (χ0) is 15.1. The number of carbonyl (C=O) groups excluding carboxylic acids is 1. The van der Waals surface area contributed by atoms with Crippen molar-refractivity contribution in [2.45, 2.75) is 19.9 Å². The summed E-state index contributed by atoms with van der Waals surface area (Å²) >= 11 is 0. The number of nitrogens with one attached hydrogen (secondary N) is 1. The van der Waals surface area contributed by atoms with Gasteiger partial charge in [-0.05, 0) is 24.1 Å². The maximum absolute atomic E-state index is 11.9. The fourth-order valence-corrected chi connectivity index (χ4v) is 2.06. The third-order valence-corrected chi connectivity index (χ3v) is 3.22. The van der Waals surface area contributed by atoms with E-state index in [1.54, 1.807) is 6.20 Å². The van der Waals surface area contributed by atoms with Gasteiger partial charge in [0.25, 0.3) is 5.91 Å². The lowest BCUT2D eigenvalue weighted by atomic mass is 10.2. The lowest BCUT2D eigenvalue weighted by Gasteiger charge is -2.19. The molecule has 2 rings (SSSR count). The molecule has 0 aliphatic carbocycles. The second kappa shape index (κ2) is 7.43. The predicted octanol–water partition coefficient (Wildman–Crippen LogP) is 2.86. The summed E-state index contributed by atoms with van der Waals surface area (Å²) in [6.07, 6.45) is 2.59. The molecule has 4 heteroatoms. The van der Waals surface area contributed by atoms with Gasteiger partial charge in [-0.25, -0.2) is 0 Å². The molecule has 0 unspecified atom stereocenters. The first-order valence-electron chi connectivity index (χ1n) is 7.20. The summed E-state index contributed by atoms with van der Waals surface area (Å²) in [5.74, 6) is -0.119. The minimum Gasteiger partial charge on any atom is -0.370 e. The fraction of sp³-hybridized carbons (Fsp3) is 0.294. The summed E-state index contributed by atoms with van der Waals surface area (Å²) in [6.45, 7) is 3.49. The maximum Gasteiger partial charge on any atom is 0.269 e. The van der Waals surface area contributed by atoms with Gasteiger partial charge in [-0.3, -0.25) is 9.78 Å². The first-order chi connectivity index (χ1) is 10.2. The molecule has 21 heavy (non-hydrogen) atoms. The van der Waals surface area contributed by atoms with Gasteiger partial charge in [-0.2, -0.15) is 0 Å². The van der Waals surface area contributed by atoms with Gasteiger partial charge in [0.15, 0.2) is 0 Å². The predicted molar refractivity (Wildman–Crippen MR) is 85.4 cm³/mol. The van der Waals surface area contributed by atoms with Gasteiger partial charge >= 0.3 is 0 Å². The van der Waals surface area contributed by atoms with Crippen molar-refractivity contribution in [1.29, 1.82) is 0 Å². The molecule has 0 fully saturated rings. The summed E-state index contributed by atoms with van der Waals surface area (Å²) in [5, 5.41) is 2.84. The second-order valence-electron chi connectivity index (χ2n) is 5.00. The van der Waals surface area contributed by atoms with Crippen molar-refractivity contribution < 1.29 is 4.79 Å². The highest BCUT2D eigenvalue weighted by atomic mass is 16.1. The Hall–Kier alpha value is -2.36. The Morgan fingerprint density at radius 1 is 1.24 bits per heavy atom. The van der Waals surface area contributed by atoms with Gasteiger partial charge in [0.1, 0.15) is 5.69 Å². The van der Waals surface area contributed by atoms with Crippen LogP contribution in [-0.4, -0.2) is 24.5 Å². The van der Waals surface area contributed by atoms with Crippen LogP contribution in [-0.2, 0) is 6.54 Å². The number of pyridine rings is 1. The summed E-state index contributed by atoms with van der Waals surface area (Å²) < 4.78 is 0. The van der Waals surface area contributed by atoms with Crippen LogP contribution in [0.25, 0.3) is 0 Å². The first-order valence-corrected chi connectivity index (χ1v) is 7.20. The van der Waals surface area contributed by atoms with Gasteiger partial charge in [0, 0.05) is 32.0 Å². The molecular weight excluding hydrogens is 262 g/mol. The van der Waals surface area contributed by atoms with E-state index in [0.717, 1.165) is 18.7 Å². The summed E-state index contributed by atoms with van der Waals surface area (Å²) in [5.41, 5.74) is 2.67. The van der Waals surface area contributed by atoms with Crippen LogP contribution in [0, 0.1) is 0 Å². The molecule has 0 saturated carbocycles. The molecule has 0 atom stereocenters. The molecule has 1 aromatic carbocycles. The minimum atomic E-state index is -0.119. The van der Waals surface area contributed by atoms with E-state index in [0.29, 0.717) is 12.2 Å². The molecule has 110 valence electrons. The summed E-state index contributed by atoms with van der Waals surface area (Å²) in [7, 11) is 2.01. The minimum absolute atomic E-state index is 0.119. The number of nitrogens with zero attached hydrogens (tertiary/aromatic N) is 2. The Bertz CT molecular complexity index is 584. The van der Waals surface area contributed by atoms with Gasteiger partial charge in [-0.1, -0.05) is 37.3 Å². The van der Waals surface area contributed by atoms with E-state index in [1.165, 1.54) is 5.56 Å². The molecule has 2 aromatic rings. The van der Waals surface area contributed by atoms with E-state index in [9.17, 15) is 4.79 Å². The number of hydrogen-bond donors (Lipinski definition) is 1. The van der Waals surface area contributed by atoms with E-state index >= 15 is 0 Å². The van der Waals surface area contributed by atoms with Crippen LogP contribution < -0.4 is 10.2 Å². The Labute approximate surface area is 125 Å². The second-order valence-corrected chi connectivity index (χ2v) is 5.00. The van der Waals surface area contributed by atoms with Crippen LogP contribution >= 0.6 is 0 Å². The molecule has 0 spiro atoms. The van der Waals surface area contributed by atoms with Gasteiger partial charge < -0.3 is 10.2 Å². The Kier molecular flexibility index (Phi) is 5.32. The van der Waals surface area contributed by atoms with E-state index in [2.05, 4.69) is 27.3 Å². The number of carbonyl (C=O) groups is 1. The third kappa shape index (κ3) is 4.31. The number of anilines is 1. The standard InChI is InChI=1S/C17H21N3O/c1-3-10-19-17(21)16-12-15(9-11-18-16)20(2)13-14-7-5-4-6-8-14/h4-9,11-12H,3,10,13H2,1-2H3,(H,19,21). The highest BCUT2D eigenvalue weighted by Crippen LogP contribution is 2.15. The molecule has 0 aliphatic rings. The molecule has 0 radical (unpaired) electrons. The number of hydrogen-bond acceptors (Lipinski definition) is 3. The monoisotopic (exact) mass is 283 g/mol. The van der Waals surface area contributed by atoms with Crippen molar-refractivity contribution in [3.63, 3.8) is 0 Å². The van der Waals surface area contributed by atoms with Crippen LogP contribution in [0.4, 0.5) is 5.69 Å².